The first-order valence-electron chi connectivity index (χ1n) is 14.4. The molecule has 4 aromatic rings. The van der Waals surface area contributed by atoms with Gasteiger partial charge in [-0.3, -0.25) is 0 Å². The van der Waals surface area contributed by atoms with Crippen LogP contribution in [0.2, 0.25) is 0 Å². The molecule has 0 saturated heterocycles. The Bertz CT molecular complexity index is 1600. The Morgan fingerprint density at radius 2 is 1.62 bits per heavy atom. The fourth-order valence-corrected chi connectivity index (χ4v) is 7.09. The highest BCUT2D eigenvalue weighted by Gasteiger charge is 2.47. The van der Waals surface area contributed by atoms with Gasteiger partial charge in [0, 0.05) is 0 Å². The second-order valence-electron chi connectivity index (χ2n) is 11.7. The molecular formula is C37H36O2. The predicted octanol–water partition coefficient (Wildman–Crippen LogP) is 8.73. The van der Waals surface area contributed by atoms with Gasteiger partial charge >= 0.3 is 0 Å². The lowest BCUT2D eigenvalue weighted by Gasteiger charge is -2.36. The number of rotatable bonds is 6. The van der Waals surface area contributed by atoms with Crippen LogP contribution in [-0.2, 0) is 11.8 Å². The highest BCUT2D eigenvalue weighted by atomic mass is 16.5. The molecule has 196 valence electrons. The molecule has 2 nitrogen and oxygen atoms in total. The van der Waals surface area contributed by atoms with Gasteiger partial charge in [-0.05, 0) is 114 Å². The number of fused-ring (bicyclic) bond motifs is 4. The molecule has 0 bridgehead atoms. The van der Waals surface area contributed by atoms with Gasteiger partial charge in [-0.1, -0.05) is 79.4 Å². The van der Waals surface area contributed by atoms with E-state index >= 15 is 0 Å². The smallest absolute Gasteiger partial charge is 0.125 e. The number of aryl methyl sites for hydroxylation is 4. The molecule has 1 fully saturated rings. The summed E-state index contributed by atoms with van der Waals surface area (Å²) in [7, 11) is 0. The van der Waals surface area contributed by atoms with Crippen LogP contribution >= 0.6 is 0 Å². The summed E-state index contributed by atoms with van der Waals surface area (Å²) in [5.41, 5.74) is 13.5. The normalized spacial score (nSPS) is 19.1. The average Bonchev–Trinajstić information content (AvgIpc) is 3.73. The maximum Gasteiger partial charge on any atom is 0.125 e. The molecule has 0 N–H and O–H groups in total. The van der Waals surface area contributed by atoms with Crippen molar-refractivity contribution in [3.05, 3.63) is 123 Å². The second kappa shape index (κ2) is 9.16. The first kappa shape index (κ1) is 24.3. The van der Waals surface area contributed by atoms with E-state index in [4.69, 9.17) is 9.47 Å². The third kappa shape index (κ3) is 3.68. The third-order valence-corrected chi connectivity index (χ3v) is 9.00. The van der Waals surface area contributed by atoms with Crippen LogP contribution in [0, 0.1) is 26.7 Å². The Hall–Kier alpha value is -3.78. The van der Waals surface area contributed by atoms with Gasteiger partial charge in [-0.2, -0.15) is 0 Å². The van der Waals surface area contributed by atoms with E-state index in [2.05, 4.69) is 94.1 Å². The summed E-state index contributed by atoms with van der Waals surface area (Å²) in [6, 6.07) is 25.2. The zero-order chi connectivity index (χ0) is 26.7. The Labute approximate surface area is 232 Å². The molecule has 0 radical (unpaired) electrons. The molecule has 2 heteroatoms. The van der Waals surface area contributed by atoms with E-state index in [0.717, 1.165) is 43.5 Å². The summed E-state index contributed by atoms with van der Waals surface area (Å²) < 4.78 is 12.5. The summed E-state index contributed by atoms with van der Waals surface area (Å²) >= 11 is 0. The van der Waals surface area contributed by atoms with Crippen molar-refractivity contribution in [2.45, 2.75) is 51.9 Å². The minimum Gasteiger partial charge on any atom is -0.493 e. The molecule has 1 aliphatic heterocycles. The first-order chi connectivity index (χ1) is 19.0. The SMILES string of the molecule is C=Cc1cccc2c1-c1ccccc1C2(c1cc(C)c(OCC2CC2)c(C)c1)c1cc(C)c2c(c1)CCCO2. The summed E-state index contributed by atoms with van der Waals surface area (Å²) in [5, 5.41) is 0. The maximum absolute atomic E-state index is 6.39. The van der Waals surface area contributed by atoms with E-state index < -0.39 is 5.41 Å². The van der Waals surface area contributed by atoms with Gasteiger partial charge in [0.1, 0.15) is 11.5 Å². The zero-order valence-electron chi connectivity index (χ0n) is 23.3. The lowest BCUT2D eigenvalue weighted by molar-refractivity contribution is 0.286. The van der Waals surface area contributed by atoms with E-state index in [-0.39, 0.29) is 0 Å². The van der Waals surface area contributed by atoms with Gasteiger partial charge in [0.2, 0.25) is 0 Å². The van der Waals surface area contributed by atoms with Crippen LogP contribution in [0.1, 0.15) is 69.3 Å². The van der Waals surface area contributed by atoms with Crippen LogP contribution in [-0.4, -0.2) is 13.2 Å². The molecule has 1 atom stereocenters. The van der Waals surface area contributed by atoms with Gasteiger partial charge in [-0.25, -0.2) is 0 Å². The molecule has 2 aliphatic carbocycles. The van der Waals surface area contributed by atoms with E-state index in [1.54, 1.807) is 0 Å². The Morgan fingerprint density at radius 1 is 0.897 bits per heavy atom. The van der Waals surface area contributed by atoms with Crippen LogP contribution < -0.4 is 9.47 Å². The van der Waals surface area contributed by atoms with Crippen molar-refractivity contribution in [3.8, 4) is 22.6 Å². The molecule has 0 spiro atoms. The van der Waals surface area contributed by atoms with E-state index in [1.807, 2.05) is 6.08 Å². The molecule has 1 saturated carbocycles. The Balaban J connectivity index is 1.55. The molecule has 39 heavy (non-hydrogen) atoms. The minimum atomic E-state index is -0.452. The predicted molar refractivity (Wildman–Crippen MR) is 160 cm³/mol. The Morgan fingerprint density at radius 3 is 2.38 bits per heavy atom. The van der Waals surface area contributed by atoms with E-state index in [0.29, 0.717) is 0 Å². The average molecular weight is 513 g/mol. The Kier molecular flexibility index (Phi) is 5.70. The number of hydrogen-bond donors (Lipinski definition) is 0. The van der Waals surface area contributed by atoms with Crippen molar-refractivity contribution in [1.29, 1.82) is 0 Å². The van der Waals surface area contributed by atoms with E-state index in [9.17, 15) is 0 Å². The summed E-state index contributed by atoms with van der Waals surface area (Å²) in [6.45, 7) is 12.4. The van der Waals surface area contributed by atoms with Gasteiger partial charge in [0.25, 0.3) is 0 Å². The lowest BCUT2D eigenvalue weighted by atomic mass is 9.66. The maximum atomic E-state index is 6.39. The van der Waals surface area contributed by atoms with Crippen molar-refractivity contribution in [3.63, 3.8) is 0 Å². The molecular weight excluding hydrogens is 476 g/mol. The van der Waals surface area contributed by atoms with Crippen LogP contribution in [0.4, 0.5) is 0 Å². The zero-order valence-corrected chi connectivity index (χ0v) is 23.3. The van der Waals surface area contributed by atoms with Gasteiger partial charge < -0.3 is 9.47 Å². The van der Waals surface area contributed by atoms with Crippen molar-refractivity contribution in [1.82, 2.24) is 0 Å². The number of hydrogen-bond acceptors (Lipinski definition) is 2. The van der Waals surface area contributed by atoms with Gasteiger partial charge in [-0.15, -0.1) is 0 Å². The van der Waals surface area contributed by atoms with Crippen LogP contribution in [0.25, 0.3) is 17.2 Å². The fourth-order valence-electron chi connectivity index (χ4n) is 7.09. The summed E-state index contributed by atoms with van der Waals surface area (Å²) in [6.07, 6.45) is 6.69. The van der Waals surface area contributed by atoms with Crippen LogP contribution in [0.3, 0.4) is 0 Å². The third-order valence-electron chi connectivity index (χ3n) is 9.00. The second-order valence-corrected chi connectivity index (χ2v) is 11.7. The summed E-state index contributed by atoms with van der Waals surface area (Å²) in [5.74, 6) is 2.84. The minimum absolute atomic E-state index is 0.452. The molecule has 7 rings (SSSR count). The fraction of sp³-hybridized carbons (Fsp3) is 0.297. The van der Waals surface area contributed by atoms with Crippen molar-refractivity contribution in [2.24, 2.45) is 5.92 Å². The summed E-state index contributed by atoms with van der Waals surface area (Å²) in [4.78, 5) is 0. The molecule has 4 aromatic carbocycles. The van der Waals surface area contributed by atoms with Crippen LogP contribution in [0.15, 0.2) is 73.3 Å². The highest BCUT2D eigenvalue weighted by Crippen LogP contribution is 2.58. The van der Waals surface area contributed by atoms with Gasteiger partial charge in [0.05, 0.1) is 18.6 Å². The lowest BCUT2D eigenvalue weighted by Crippen LogP contribution is -2.30. The van der Waals surface area contributed by atoms with Crippen LogP contribution in [0.5, 0.6) is 11.5 Å². The van der Waals surface area contributed by atoms with Crippen molar-refractivity contribution >= 4 is 6.08 Å². The van der Waals surface area contributed by atoms with E-state index in [1.165, 1.54) is 74.0 Å². The molecule has 0 aromatic heterocycles. The molecule has 3 aliphatic rings. The van der Waals surface area contributed by atoms with Crippen molar-refractivity contribution < 1.29 is 9.47 Å². The quantitative estimate of drug-likeness (QED) is 0.226. The number of ether oxygens (including phenoxy) is 2. The monoisotopic (exact) mass is 512 g/mol. The molecule has 1 unspecified atom stereocenters. The first-order valence-corrected chi connectivity index (χ1v) is 14.4. The number of benzene rings is 4. The standard InChI is InChI=1S/C37H36O2/c1-5-27-10-8-14-33-34(27)31-12-6-7-13-32(31)37(33,30-20-25(4)36-28(21-30)11-9-17-38-36)29-18-23(2)35(24(3)19-29)39-22-26-15-16-26/h5-8,10,12-14,18-21,26H,1,9,11,15-17,22H2,2-4H3. The van der Waals surface area contributed by atoms with Crippen molar-refractivity contribution in [2.75, 3.05) is 13.2 Å². The highest BCUT2D eigenvalue weighted by molar-refractivity contribution is 5.91. The van der Waals surface area contributed by atoms with Gasteiger partial charge in [0.15, 0.2) is 0 Å². The topological polar surface area (TPSA) is 18.5 Å². The molecule has 1 heterocycles. The molecule has 0 amide bonds. The largest absolute Gasteiger partial charge is 0.493 e.